The first-order valence-corrected chi connectivity index (χ1v) is 5.72. The minimum absolute atomic E-state index is 0.393. The Hall–Kier alpha value is -0.0800. The number of hydrogen-bond donors (Lipinski definition) is 0. The fourth-order valence-corrected chi connectivity index (χ4v) is 2.29. The molecule has 1 heterocycles. The number of aromatic nitrogens is 1. The maximum Gasteiger partial charge on any atom is 0.0410 e. The Morgan fingerprint density at radius 2 is 2.23 bits per heavy atom. The van der Waals surface area contributed by atoms with Crippen LogP contribution in [-0.4, -0.2) is 10.9 Å². The summed E-state index contributed by atoms with van der Waals surface area (Å²) in [6, 6.07) is 2.12. The molecule has 1 aliphatic carbocycles. The van der Waals surface area contributed by atoms with Crippen molar-refractivity contribution < 1.29 is 0 Å². The largest absolute Gasteiger partial charge is 0.263 e. The summed E-state index contributed by atoms with van der Waals surface area (Å²) < 4.78 is 1.05. The third kappa shape index (κ3) is 2.23. The van der Waals surface area contributed by atoms with E-state index < -0.39 is 0 Å². The van der Waals surface area contributed by atoms with Crippen molar-refractivity contribution in [2.24, 2.45) is 5.41 Å². The highest BCUT2D eigenvalue weighted by Crippen LogP contribution is 2.49. The Bertz CT molecular complexity index is 310. The normalized spacial score (nSPS) is 18.6. The van der Waals surface area contributed by atoms with Gasteiger partial charge in [-0.15, -0.1) is 11.6 Å². The third-order valence-electron chi connectivity index (χ3n) is 2.58. The average molecular weight is 261 g/mol. The van der Waals surface area contributed by atoms with Crippen LogP contribution in [0.2, 0.25) is 0 Å². The maximum atomic E-state index is 5.91. The Kier molecular flexibility index (Phi) is 2.61. The number of rotatable bonds is 3. The Morgan fingerprint density at radius 1 is 1.46 bits per heavy atom. The Morgan fingerprint density at radius 3 is 2.77 bits per heavy atom. The second-order valence-corrected chi connectivity index (χ2v) is 5.00. The molecule has 0 aromatic carbocycles. The monoisotopic (exact) mass is 259 g/mol. The summed E-state index contributed by atoms with van der Waals surface area (Å²) in [6.45, 7) is 0. The SMILES string of the molecule is ClCC1(Cc2cncc(Br)c2)CC1. The number of halogens is 2. The summed E-state index contributed by atoms with van der Waals surface area (Å²) in [7, 11) is 0. The minimum atomic E-state index is 0.393. The second-order valence-electron chi connectivity index (χ2n) is 3.82. The van der Waals surface area contributed by atoms with Crippen molar-refractivity contribution in [3.63, 3.8) is 0 Å². The van der Waals surface area contributed by atoms with Crippen LogP contribution in [0, 0.1) is 5.41 Å². The van der Waals surface area contributed by atoms with Gasteiger partial charge in [-0.3, -0.25) is 4.98 Å². The van der Waals surface area contributed by atoms with E-state index in [0.717, 1.165) is 16.8 Å². The van der Waals surface area contributed by atoms with Crippen molar-refractivity contribution in [2.45, 2.75) is 19.3 Å². The molecular weight excluding hydrogens is 249 g/mol. The van der Waals surface area contributed by atoms with E-state index in [-0.39, 0.29) is 0 Å². The molecule has 0 bridgehead atoms. The van der Waals surface area contributed by atoms with Crippen LogP contribution in [-0.2, 0) is 6.42 Å². The molecule has 0 atom stereocenters. The van der Waals surface area contributed by atoms with Gasteiger partial charge in [0.05, 0.1) is 0 Å². The van der Waals surface area contributed by atoms with Crippen LogP contribution in [0.3, 0.4) is 0 Å². The molecule has 1 nitrogen and oxygen atoms in total. The van der Waals surface area contributed by atoms with E-state index >= 15 is 0 Å². The second kappa shape index (κ2) is 3.58. The molecule has 13 heavy (non-hydrogen) atoms. The van der Waals surface area contributed by atoms with Crippen molar-refractivity contribution in [3.05, 3.63) is 28.5 Å². The lowest BCUT2D eigenvalue weighted by Crippen LogP contribution is -2.06. The molecule has 0 amide bonds. The standard InChI is InChI=1S/C10H11BrClN/c11-9-3-8(5-13-6-9)4-10(7-12)1-2-10/h3,5-6H,1-2,4,7H2. The fourth-order valence-electron chi connectivity index (χ4n) is 1.52. The number of pyridine rings is 1. The van der Waals surface area contributed by atoms with Gasteiger partial charge in [0.15, 0.2) is 0 Å². The van der Waals surface area contributed by atoms with Crippen molar-refractivity contribution in [2.75, 3.05) is 5.88 Å². The summed E-state index contributed by atoms with van der Waals surface area (Å²) in [6.07, 6.45) is 7.34. The van der Waals surface area contributed by atoms with E-state index in [1.54, 1.807) is 0 Å². The van der Waals surface area contributed by atoms with Gasteiger partial charge in [0, 0.05) is 22.7 Å². The quantitative estimate of drug-likeness (QED) is 0.759. The predicted molar refractivity (Wildman–Crippen MR) is 58.0 cm³/mol. The summed E-state index contributed by atoms with van der Waals surface area (Å²) in [5.74, 6) is 0.777. The molecule has 1 fully saturated rings. The van der Waals surface area contributed by atoms with E-state index in [4.69, 9.17) is 11.6 Å². The predicted octanol–water partition coefficient (Wildman–Crippen LogP) is 3.41. The van der Waals surface area contributed by atoms with Gasteiger partial charge in [0.2, 0.25) is 0 Å². The van der Waals surface area contributed by atoms with E-state index in [1.165, 1.54) is 18.4 Å². The van der Waals surface area contributed by atoms with Gasteiger partial charge in [-0.2, -0.15) is 0 Å². The van der Waals surface area contributed by atoms with Crippen LogP contribution in [0.4, 0.5) is 0 Å². The molecule has 0 saturated heterocycles. The molecule has 0 radical (unpaired) electrons. The smallest absolute Gasteiger partial charge is 0.0410 e. The molecule has 1 aromatic heterocycles. The highest BCUT2D eigenvalue weighted by Gasteiger charge is 2.41. The van der Waals surface area contributed by atoms with Crippen molar-refractivity contribution in [3.8, 4) is 0 Å². The van der Waals surface area contributed by atoms with Gasteiger partial charge >= 0.3 is 0 Å². The molecule has 3 heteroatoms. The number of alkyl halides is 1. The first kappa shape index (κ1) is 9.47. The molecular formula is C10H11BrClN. The maximum absolute atomic E-state index is 5.91. The number of nitrogens with zero attached hydrogens (tertiary/aromatic N) is 1. The lowest BCUT2D eigenvalue weighted by molar-refractivity contribution is 0.576. The molecule has 70 valence electrons. The first-order chi connectivity index (χ1) is 6.24. The lowest BCUT2D eigenvalue weighted by Gasteiger charge is -2.10. The molecule has 1 aliphatic rings. The van der Waals surface area contributed by atoms with Crippen LogP contribution in [0.1, 0.15) is 18.4 Å². The molecule has 0 aliphatic heterocycles. The molecule has 1 aromatic rings. The van der Waals surface area contributed by atoms with Gasteiger partial charge < -0.3 is 0 Å². The molecule has 0 N–H and O–H groups in total. The van der Waals surface area contributed by atoms with E-state index in [1.807, 2.05) is 12.4 Å². The third-order valence-corrected chi connectivity index (χ3v) is 3.58. The fraction of sp³-hybridized carbons (Fsp3) is 0.500. The van der Waals surface area contributed by atoms with Gasteiger partial charge in [0.1, 0.15) is 0 Å². The van der Waals surface area contributed by atoms with E-state index in [9.17, 15) is 0 Å². The van der Waals surface area contributed by atoms with Gasteiger partial charge in [-0.05, 0) is 52.2 Å². The summed E-state index contributed by atoms with van der Waals surface area (Å²) >= 11 is 9.33. The number of hydrogen-bond acceptors (Lipinski definition) is 1. The Balaban J connectivity index is 2.09. The zero-order valence-electron chi connectivity index (χ0n) is 7.26. The highest BCUT2D eigenvalue weighted by molar-refractivity contribution is 9.10. The van der Waals surface area contributed by atoms with Crippen molar-refractivity contribution in [1.29, 1.82) is 0 Å². The van der Waals surface area contributed by atoms with Gasteiger partial charge in [-0.25, -0.2) is 0 Å². The molecule has 0 unspecified atom stereocenters. The average Bonchev–Trinajstić information content (AvgIpc) is 2.86. The molecule has 1 saturated carbocycles. The van der Waals surface area contributed by atoms with Crippen LogP contribution in [0.15, 0.2) is 22.9 Å². The zero-order valence-corrected chi connectivity index (χ0v) is 9.61. The highest BCUT2D eigenvalue weighted by atomic mass is 79.9. The molecule has 2 rings (SSSR count). The minimum Gasteiger partial charge on any atom is -0.263 e. The molecule has 0 spiro atoms. The summed E-state index contributed by atoms with van der Waals surface area (Å²) in [5.41, 5.74) is 1.68. The topological polar surface area (TPSA) is 12.9 Å². The van der Waals surface area contributed by atoms with E-state index in [2.05, 4.69) is 27.0 Å². The van der Waals surface area contributed by atoms with Crippen LogP contribution in [0.5, 0.6) is 0 Å². The first-order valence-electron chi connectivity index (χ1n) is 4.40. The summed E-state index contributed by atoms with van der Waals surface area (Å²) in [4.78, 5) is 4.14. The van der Waals surface area contributed by atoms with Crippen LogP contribution in [0.25, 0.3) is 0 Å². The lowest BCUT2D eigenvalue weighted by atomic mass is 10.0. The van der Waals surface area contributed by atoms with Crippen LogP contribution >= 0.6 is 27.5 Å². The van der Waals surface area contributed by atoms with Gasteiger partial charge in [-0.1, -0.05) is 0 Å². The van der Waals surface area contributed by atoms with Crippen molar-refractivity contribution >= 4 is 27.5 Å². The summed E-state index contributed by atoms with van der Waals surface area (Å²) in [5, 5.41) is 0. The van der Waals surface area contributed by atoms with Crippen molar-refractivity contribution in [1.82, 2.24) is 4.98 Å². The van der Waals surface area contributed by atoms with Gasteiger partial charge in [0.25, 0.3) is 0 Å². The van der Waals surface area contributed by atoms with Crippen LogP contribution < -0.4 is 0 Å². The Labute approximate surface area is 91.6 Å². The van der Waals surface area contributed by atoms with E-state index in [0.29, 0.717) is 5.41 Å². The zero-order chi connectivity index (χ0) is 9.31.